The van der Waals surface area contributed by atoms with Crippen LogP contribution in [0.15, 0.2) is 28.7 Å². The van der Waals surface area contributed by atoms with Gasteiger partial charge in [0.15, 0.2) is 23.7 Å². The number of aromatic nitrogens is 4. The first-order valence-electron chi connectivity index (χ1n) is 11.8. The quantitative estimate of drug-likeness (QED) is 0.0968. The molecule has 0 aromatic carbocycles. The summed E-state index contributed by atoms with van der Waals surface area (Å²) in [6.45, 7) is 0.243. The van der Waals surface area contributed by atoms with E-state index in [0.29, 0.717) is 17.1 Å². The third-order valence-corrected chi connectivity index (χ3v) is 8.32. The van der Waals surface area contributed by atoms with E-state index in [9.17, 15) is 24.6 Å². The Morgan fingerprint density at radius 1 is 1.34 bits per heavy atom. The molecule has 15 nitrogen and oxygen atoms in total. The van der Waals surface area contributed by atoms with Gasteiger partial charge in [0.2, 0.25) is 11.5 Å². The SMILES string of the molecule is Nc1nc(C(=NOC2CCC2)C(=O)N[C@@H]2C(=O)N3C(C(=O)O)=C(C[n+]4ccc(N)n4CCO)CS[C@H]23)ns1. The molecule has 4 heterocycles. The van der Waals surface area contributed by atoms with E-state index in [1.54, 1.807) is 21.6 Å². The van der Waals surface area contributed by atoms with Crippen molar-refractivity contribution in [1.82, 2.24) is 24.3 Å². The molecular formula is C21H26N9O6S2+. The van der Waals surface area contributed by atoms with Gasteiger partial charge in [0, 0.05) is 22.9 Å². The van der Waals surface area contributed by atoms with E-state index in [2.05, 4.69) is 19.8 Å². The molecule has 2 fully saturated rings. The molecule has 2 aliphatic heterocycles. The van der Waals surface area contributed by atoms with Gasteiger partial charge in [-0.15, -0.1) is 21.1 Å². The van der Waals surface area contributed by atoms with Crippen LogP contribution in [0.1, 0.15) is 25.1 Å². The number of carboxylic acid groups (broad SMARTS) is 1. The smallest absolute Gasteiger partial charge is 0.352 e. The molecule has 0 spiro atoms. The number of nitrogen functional groups attached to an aromatic ring is 2. The number of anilines is 2. The molecule has 1 saturated heterocycles. The van der Waals surface area contributed by atoms with Crippen LogP contribution in [0.2, 0.25) is 0 Å². The van der Waals surface area contributed by atoms with Crippen LogP contribution in [-0.4, -0.2) is 82.5 Å². The van der Waals surface area contributed by atoms with Gasteiger partial charge in [0.05, 0.1) is 12.7 Å². The molecule has 2 aromatic rings. The van der Waals surface area contributed by atoms with Crippen molar-refractivity contribution in [1.29, 1.82) is 0 Å². The number of hydrogen-bond donors (Lipinski definition) is 5. The number of fused-ring (bicyclic) bond motifs is 1. The molecular weight excluding hydrogens is 538 g/mol. The number of rotatable bonds is 10. The van der Waals surface area contributed by atoms with Crippen LogP contribution in [0, 0.1) is 0 Å². The predicted molar refractivity (Wildman–Crippen MR) is 135 cm³/mol. The number of carbonyl (C=O) groups is 3. The average molecular weight is 565 g/mol. The summed E-state index contributed by atoms with van der Waals surface area (Å²) < 4.78 is 7.34. The van der Waals surface area contributed by atoms with E-state index in [1.807, 2.05) is 0 Å². The Hall–Kier alpha value is -3.70. The number of thioether (sulfide) groups is 1. The van der Waals surface area contributed by atoms with Crippen molar-refractivity contribution in [3.05, 3.63) is 29.4 Å². The van der Waals surface area contributed by atoms with Crippen molar-refractivity contribution in [2.24, 2.45) is 5.16 Å². The summed E-state index contributed by atoms with van der Waals surface area (Å²) in [5, 5.41) is 25.4. The predicted octanol–water partition coefficient (Wildman–Crippen LogP) is -1.50. The molecule has 5 rings (SSSR count). The lowest BCUT2D eigenvalue weighted by Gasteiger charge is -2.49. The maximum atomic E-state index is 13.1. The number of carbonyl (C=O) groups excluding carboxylic acids is 2. The van der Waals surface area contributed by atoms with E-state index >= 15 is 0 Å². The highest BCUT2D eigenvalue weighted by Gasteiger charge is 2.55. The van der Waals surface area contributed by atoms with Gasteiger partial charge in [-0.2, -0.15) is 9.36 Å². The molecule has 0 unspecified atom stereocenters. The lowest BCUT2D eigenvalue weighted by molar-refractivity contribution is -0.767. The van der Waals surface area contributed by atoms with Crippen LogP contribution in [0.5, 0.6) is 0 Å². The van der Waals surface area contributed by atoms with Gasteiger partial charge in [-0.3, -0.25) is 14.5 Å². The Kier molecular flexibility index (Phi) is 7.22. The maximum Gasteiger partial charge on any atom is 0.352 e. The van der Waals surface area contributed by atoms with Gasteiger partial charge in [0.25, 0.3) is 11.8 Å². The first-order chi connectivity index (χ1) is 18.3. The van der Waals surface area contributed by atoms with E-state index < -0.39 is 29.2 Å². The number of aliphatic carboxylic acids is 1. The molecule has 2 aromatic heterocycles. The van der Waals surface area contributed by atoms with Crippen molar-refractivity contribution in [3.63, 3.8) is 0 Å². The monoisotopic (exact) mass is 564 g/mol. The second-order valence-corrected chi connectivity index (χ2v) is 10.7. The molecule has 202 valence electrons. The highest BCUT2D eigenvalue weighted by atomic mass is 32.2. The summed E-state index contributed by atoms with van der Waals surface area (Å²) in [7, 11) is 0. The fourth-order valence-electron chi connectivity index (χ4n) is 4.30. The number of nitrogens with zero attached hydrogens (tertiary/aromatic N) is 6. The van der Waals surface area contributed by atoms with Gasteiger partial charge < -0.3 is 31.8 Å². The van der Waals surface area contributed by atoms with Crippen LogP contribution in [-0.2, 0) is 32.3 Å². The molecule has 2 atom stereocenters. The maximum absolute atomic E-state index is 13.1. The zero-order valence-corrected chi connectivity index (χ0v) is 21.7. The first-order valence-corrected chi connectivity index (χ1v) is 13.6. The minimum absolute atomic E-state index is 0.0140. The third-order valence-electron chi connectivity index (χ3n) is 6.44. The Bertz CT molecular complexity index is 1330. The summed E-state index contributed by atoms with van der Waals surface area (Å²) in [6, 6.07) is 0.670. The second-order valence-electron chi connectivity index (χ2n) is 8.86. The van der Waals surface area contributed by atoms with Gasteiger partial charge in [-0.05, 0) is 19.3 Å². The Labute approximate surface area is 224 Å². The first kappa shape index (κ1) is 25.9. The van der Waals surface area contributed by atoms with Gasteiger partial charge >= 0.3 is 5.97 Å². The summed E-state index contributed by atoms with van der Waals surface area (Å²) in [4.78, 5) is 49.1. The zero-order chi connectivity index (χ0) is 27.0. The van der Waals surface area contributed by atoms with E-state index in [1.165, 1.54) is 16.7 Å². The van der Waals surface area contributed by atoms with E-state index in [0.717, 1.165) is 30.8 Å². The normalized spacial score (nSPS) is 21.6. The molecule has 38 heavy (non-hydrogen) atoms. The standard InChI is InChI=1S/C21H25N9O6S2/c22-12-4-5-28(29(12)6-7-31)8-10-9-37-19-14(18(33)30(19)15(10)20(34)35)24-17(32)13(16-25-21(23)38-27-16)26-36-11-2-1-3-11/h4-5,11,14,19,22,31H,1-3,6-9H2,(H4,23,24,25,27,32,34,35)/p+1/t14-,19-/m1/s1. The topological polar surface area (TPSA) is 215 Å². The summed E-state index contributed by atoms with van der Waals surface area (Å²) in [6.07, 6.45) is 4.23. The molecule has 2 amide bonds. The van der Waals surface area contributed by atoms with E-state index in [-0.39, 0.29) is 48.2 Å². The molecule has 1 saturated carbocycles. The number of amides is 2. The van der Waals surface area contributed by atoms with Crippen molar-refractivity contribution < 1.29 is 34.1 Å². The van der Waals surface area contributed by atoms with Gasteiger partial charge in [0.1, 0.15) is 29.8 Å². The third kappa shape index (κ3) is 4.79. The molecule has 0 bridgehead atoms. The number of β-lactam (4-membered cyclic amide) rings is 1. The molecule has 7 N–H and O–H groups in total. The largest absolute Gasteiger partial charge is 0.477 e. The number of oxime groups is 1. The van der Waals surface area contributed by atoms with Crippen LogP contribution in [0.3, 0.4) is 0 Å². The van der Waals surface area contributed by atoms with Crippen LogP contribution < -0.4 is 21.5 Å². The molecule has 0 radical (unpaired) electrons. The fraction of sp³-hybridized carbons (Fsp3) is 0.476. The summed E-state index contributed by atoms with van der Waals surface area (Å²) >= 11 is 2.23. The highest BCUT2D eigenvalue weighted by molar-refractivity contribution is 8.00. The second kappa shape index (κ2) is 10.6. The number of aliphatic hydroxyl groups is 1. The zero-order valence-electron chi connectivity index (χ0n) is 20.0. The van der Waals surface area contributed by atoms with Crippen LogP contribution in [0.4, 0.5) is 10.9 Å². The highest BCUT2D eigenvalue weighted by Crippen LogP contribution is 2.40. The number of hydrogen-bond acceptors (Lipinski definition) is 12. The minimum Gasteiger partial charge on any atom is -0.477 e. The molecule has 17 heteroatoms. The summed E-state index contributed by atoms with van der Waals surface area (Å²) in [5.41, 5.74) is 11.8. The lowest BCUT2D eigenvalue weighted by atomic mass is 9.97. The summed E-state index contributed by atoms with van der Waals surface area (Å²) in [5.74, 6) is -1.84. The minimum atomic E-state index is -1.25. The molecule has 1 aliphatic carbocycles. The lowest BCUT2D eigenvalue weighted by Crippen LogP contribution is -2.71. The van der Waals surface area contributed by atoms with Crippen LogP contribution >= 0.6 is 23.3 Å². The van der Waals surface area contributed by atoms with Crippen molar-refractivity contribution >= 4 is 57.7 Å². The molecule has 3 aliphatic rings. The number of nitrogens with one attached hydrogen (secondary N) is 1. The number of nitrogens with two attached hydrogens (primary N) is 2. The van der Waals surface area contributed by atoms with E-state index in [4.69, 9.17) is 16.3 Å². The average Bonchev–Trinajstić information content (AvgIpc) is 3.44. The van der Waals surface area contributed by atoms with Crippen LogP contribution in [0.25, 0.3) is 0 Å². The van der Waals surface area contributed by atoms with Crippen molar-refractivity contribution in [2.45, 2.75) is 49.9 Å². The Morgan fingerprint density at radius 3 is 2.76 bits per heavy atom. The number of aliphatic hydroxyl groups excluding tert-OH is 1. The Balaban J connectivity index is 1.34. The van der Waals surface area contributed by atoms with Crippen molar-refractivity contribution in [2.75, 3.05) is 23.8 Å². The fourth-order valence-corrected chi connectivity index (χ4v) is 6.07. The Morgan fingerprint density at radius 2 is 2.13 bits per heavy atom. The number of carboxylic acids is 1. The van der Waals surface area contributed by atoms with Gasteiger partial charge in [-0.25, -0.2) is 4.79 Å². The van der Waals surface area contributed by atoms with Crippen molar-refractivity contribution in [3.8, 4) is 0 Å². The van der Waals surface area contributed by atoms with Gasteiger partial charge in [-0.1, -0.05) is 5.16 Å².